The molecule has 0 aliphatic carbocycles. The number of nitrogens with one attached hydrogen (secondary N) is 2. The zero-order chi connectivity index (χ0) is 14.8. The average Bonchev–Trinajstić information content (AvgIpc) is 2.41. The fourth-order valence-electron chi connectivity index (χ4n) is 2.01. The predicted octanol–water partition coefficient (Wildman–Crippen LogP) is 0.264. The van der Waals surface area contributed by atoms with Crippen molar-refractivity contribution in [2.75, 3.05) is 22.2 Å². The molecule has 1 aromatic heterocycles. The Labute approximate surface area is 115 Å². The molecule has 2 heterocycles. The molecule has 1 aromatic rings. The average molecular weight is 301 g/mol. The van der Waals surface area contributed by atoms with Crippen LogP contribution in [0.1, 0.15) is 12.8 Å². The summed E-state index contributed by atoms with van der Waals surface area (Å²) in [6, 6.07) is 2.44. The Morgan fingerprint density at radius 3 is 2.45 bits per heavy atom. The van der Waals surface area contributed by atoms with Crippen LogP contribution in [0.25, 0.3) is 0 Å². The predicted molar refractivity (Wildman–Crippen MR) is 74.0 cm³/mol. The summed E-state index contributed by atoms with van der Waals surface area (Å²) in [7, 11) is -2.94. The molecular weight excluding hydrogens is 286 g/mol. The molecule has 20 heavy (non-hydrogen) atoms. The van der Waals surface area contributed by atoms with Crippen LogP contribution in [0, 0.1) is 10.1 Å². The van der Waals surface area contributed by atoms with Crippen LogP contribution in [-0.2, 0) is 9.84 Å². The molecule has 10 heteroatoms. The lowest BCUT2D eigenvalue weighted by atomic mass is 10.1. The minimum absolute atomic E-state index is 0.0707. The highest BCUT2D eigenvalue weighted by Gasteiger charge is 2.24. The molecule has 1 aliphatic heterocycles. The van der Waals surface area contributed by atoms with Gasteiger partial charge in [0.15, 0.2) is 0 Å². The summed E-state index contributed by atoms with van der Waals surface area (Å²) >= 11 is 0. The van der Waals surface area contributed by atoms with E-state index in [-0.39, 0.29) is 29.1 Å². The van der Waals surface area contributed by atoms with Crippen LogP contribution in [0.4, 0.5) is 17.3 Å². The van der Waals surface area contributed by atoms with Crippen LogP contribution in [-0.4, -0.2) is 35.9 Å². The Morgan fingerprint density at radius 1 is 1.30 bits per heavy atom. The second-order valence-corrected chi connectivity index (χ2v) is 6.87. The smallest absolute Gasteiger partial charge is 0.276 e. The first kappa shape index (κ1) is 14.5. The van der Waals surface area contributed by atoms with Crippen molar-refractivity contribution >= 4 is 27.2 Å². The number of rotatable bonds is 4. The topological polar surface area (TPSA) is 140 Å². The van der Waals surface area contributed by atoms with E-state index in [2.05, 4.69) is 15.7 Å². The minimum Gasteiger partial charge on any atom is -0.367 e. The molecule has 0 unspecified atom stereocenters. The van der Waals surface area contributed by atoms with Gasteiger partial charge in [0.05, 0.1) is 28.6 Å². The summed E-state index contributed by atoms with van der Waals surface area (Å²) in [5, 5.41) is 13.8. The van der Waals surface area contributed by atoms with Gasteiger partial charge in [0.2, 0.25) is 0 Å². The number of nitro groups is 1. The minimum atomic E-state index is -2.94. The number of anilines is 2. The van der Waals surface area contributed by atoms with Crippen LogP contribution < -0.4 is 16.6 Å². The van der Waals surface area contributed by atoms with Gasteiger partial charge in [-0.2, -0.15) is 0 Å². The summed E-state index contributed by atoms with van der Waals surface area (Å²) < 4.78 is 22.7. The highest BCUT2D eigenvalue weighted by atomic mass is 32.2. The monoisotopic (exact) mass is 301 g/mol. The lowest BCUT2D eigenvalue weighted by Gasteiger charge is -2.23. The molecule has 0 radical (unpaired) electrons. The van der Waals surface area contributed by atoms with E-state index in [0.29, 0.717) is 18.7 Å². The number of sulfone groups is 1. The largest absolute Gasteiger partial charge is 0.367 e. The molecule has 9 nitrogen and oxygen atoms in total. The highest BCUT2D eigenvalue weighted by Crippen LogP contribution is 2.23. The molecule has 0 amide bonds. The molecule has 0 saturated carbocycles. The van der Waals surface area contributed by atoms with Gasteiger partial charge in [0.1, 0.15) is 21.5 Å². The van der Waals surface area contributed by atoms with Gasteiger partial charge < -0.3 is 10.7 Å². The van der Waals surface area contributed by atoms with E-state index in [1.54, 1.807) is 0 Å². The molecule has 0 aromatic carbocycles. The maximum Gasteiger partial charge on any atom is 0.276 e. The van der Waals surface area contributed by atoms with E-state index in [1.165, 1.54) is 12.1 Å². The molecule has 1 saturated heterocycles. The third kappa shape index (κ3) is 3.54. The van der Waals surface area contributed by atoms with Crippen molar-refractivity contribution in [3.8, 4) is 0 Å². The summed E-state index contributed by atoms with van der Waals surface area (Å²) in [5.74, 6) is 5.91. The van der Waals surface area contributed by atoms with Crippen molar-refractivity contribution in [1.82, 2.24) is 4.98 Å². The molecule has 0 spiro atoms. The second kappa shape index (κ2) is 5.59. The van der Waals surface area contributed by atoms with E-state index in [9.17, 15) is 18.5 Å². The zero-order valence-corrected chi connectivity index (χ0v) is 11.4. The van der Waals surface area contributed by atoms with Gasteiger partial charge in [-0.25, -0.2) is 19.2 Å². The second-order valence-electron chi connectivity index (χ2n) is 4.57. The number of hydrazine groups is 1. The molecule has 110 valence electrons. The van der Waals surface area contributed by atoms with Crippen molar-refractivity contribution in [3.05, 3.63) is 22.2 Å². The number of pyridine rings is 1. The first-order valence-corrected chi connectivity index (χ1v) is 7.82. The van der Waals surface area contributed by atoms with Crippen LogP contribution in [0.15, 0.2) is 12.1 Å². The first-order chi connectivity index (χ1) is 9.39. The number of aromatic nitrogens is 1. The van der Waals surface area contributed by atoms with Crippen LogP contribution >= 0.6 is 0 Å². The normalized spacial score (nSPS) is 18.4. The Morgan fingerprint density at radius 2 is 1.90 bits per heavy atom. The number of hydrogen-bond donors (Lipinski definition) is 3. The summed E-state index contributed by atoms with van der Waals surface area (Å²) in [4.78, 5) is 14.3. The number of hydrogen-bond acceptors (Lipinski definition) is 8. The van der Waals surface area contributed by atoms with Crippen molar-refractivity contribution in [3.63, 3.8) is 0 Å². The van der Waals surface area contributed by atoms with Gasteiger partial charge in [0.25, 0.3) is 5.69 Å². The lowest BCUT2D eigenvalue weighted by Crippen LogP contribution is -2.32. The van der Waals surface area contributed by atoms with Crippen LogP contribution in [0.2, 0.25) is 0 Å². The van der Waals surface area contributed by atoms with Gasteiger partial charge in [-0.15, -0.1) is 0 Å². The van der Waals surface area contributed by atoms with E-state index >= 15 is 0 Å². The van der Waals surface area contributed by atoms with Gasteiger partial charge in [-0.05, 0) is 12.8 Å². The van der Waals surface area contributed by atoms with Crippen molar-refractivity contribution < 1.29 is 13.3 Å². The maximum atomic E-state index is 11.3. The number of nitrogens with two attached hydrogens (primary N) is 1. The van der Waals surface area contributed by atoms with Gasteiger partial charge in [-0.3, -0.25) is 10.1 Å². The third-order valence-electron chi connectivity index (χ3n) is 3.08. The fraction of sp³-hybridized carbons (Fsp3) is 0.500. The molecule has 0 atom stereocenters. The highest BCUT2D eigenvalue weighted by molar-refractivity contribution is 7.91. The Balaban J connectivity index is 2.13. The summed E-state index contributed by atoms with van der Waals surface area (Å²) in [6.45, 7) is 0. The van der Waals surface area contributed by atoms with Gasteiger partial charge in [0, 0.05) is 6.04 Å². The van der Waals surface area contributed by atoms with Crippen molar-refractivity contribution in [2.24, 2.45) is 5.84 Å². The quantitative estimate of drug-likeness (QED) is 0.409. The Bertz CT molecular complexity index is 604. The molecule has 4 N–H and O–H groups in total. The first-order valence-electron chi connectivity index (χ1n) is 6.00. The molecule has 1 aliphatic rings. The molecular formula is C10H15N5O4S. The van der Waals surface area contributed by atoms with E-state index < -0.39 is 14.8 Å². The molecule has 0 bridgehead atoms. The van der Waals surface area contributed by atoms with Gasteiger partial charge >= 0.3 is 0 Å². The van der Waals surface area contributed by atoms with E-state index in [1.807, 2.05) is 0 Å². The summed E-state index contributed by atoms with van der Waals surface area (Å²) in [5.41, 5.74) is 2.12. The standard InChI is InChI=1S/C10H15N5O4S/c11-14-10-6-8(15(16)17)5-9(13-10)12-7-1-3-20(18,19)4-2-7/h5-7H,1-4,11H2,(H2,12,13,14). The van der Waals surface area contributed by atoms with Crippen molar-refractivity contribution in [2.45, 2.75) is 18.9 Å². The number of nitrogen functional groups attached to an aromatic ring is 1. The van der Waals surface area contributed by atoms with E-state index in [0.717, 1.165) is 0 Å². The molecule has 1 fully saturated rings. The number of nitrogens with zero attached hydrogens (tertiary/aromatic N) is 2. The lowest BCUT2D eigenvalue weighted by molar-refractivity contribution is -0.384. The van der Waals surface area contributed by atoms with Crippen molar-refractivity contribution in [1.29, 1.82) is 0 Å². The molecule has 2 rings (SSSR count). The third-order valence-corrected chi connectivity index (χ3v) is 4.79. The summed E-state index contributed by atoms with van der Waals surface area (Å²) in [6.07, 6.45) is 0.913. The zero-order valence-electron chi connectivity index (χ0n) is 10.6. The Kier molecular flexibility index (Phi) is 4.04. The van der Waals surface area contributed by atoms with E-state index in [4.69, 9.17) is 5.84 Å². The van der Waals surface area contributed by atoms with Crippen LogP contribution in [0.3, 0.4) is 0 Å². The van der Waals surface area contributed by atoms with Gasteiger partial charge in [-0.1, -0.05) is 0 Å². The maximum absolute atomic E-state index is 11.3. The fourth-order valence-corrected chi connectivity index (χ4v) is 3.50. The Hall–Kier alpha value is -1.94. The SMILES string of the molecule is NNc1cc([N+](=O)[O-])cc(NC2CCS(=O)(=O)CC2)n1. The van der Waals surface area contributed by atoms with Crippen LogP contribution in [0.5, 0.6) is 0 Å².